The lowest BCUT2D eigenvalue weighted by Crippen LogP contribution is -2.13. The number of alkyl halides is 6. The molecule has 4 aromatic rings. The number of aromatic nitrogens is 2. The zero-order valence-corrected chi connectivity index (χ0v) is 17.4. The van der Waals surface area contributed by atoms with Gasteiger partial charge in [-0.25, -0.2) is 4.39 Å². The molecule has 0 fully saturated rings. The molecule has 12 heteroatoms. The van der Waals surface area contributed by atoms with Crippen LogP contribution >= 0.6 is 0 Å². The number of carbonyl (C=O) groups is 1. The van der Waals surface area contributed by atoms with Gasteiger partial charge in [0.1, 0.15) is 18.2 Å². The summed E-state index contributed by atoms with van der Waals surface area (Å²) in [5.41, 5.74) is -1.93. The van der Waals surface area contributed by atoms with Crippen molar-refractivity contribution in [2.75, 3.05) is 5.32 Å². The highest BCUT2D eigenvalue weighted by Crippen LogP contribution is 2.34. The summed E-state index contributed by atoms with van der Waals surface area (Å²) in [6.07, 6.45) is -9.32. The highest BCUT2D eigenvalue weighted by Gasteiger charge is 2.34. The van der Waals surface area contributed by atoms with Gasteiger partial charge in [-0.2, -0.15) is 31.4 Å². The number of ether oxygens (including phenoxy) is 1. The number of rotatable bonds is 5. The quantitative estimate of drug-likeness (QED) is 0.307. The van der Waals surface area contributed by atoms with E-state index in [-0.39, 0.29) is 22.7 Å². The summed E-state index contributed by atoms with van der Waals surface area (Å²) in [7, 11) is 0. The van der Waals surface area contributed by atoms with Crippen molar-refractivity contribution in [1.29, 1.82) is 0 Å². The minimum atomic E-state index is -4.77. The number of hydrogen-bond donors (Lipinski definition) is 2. The average molecular weight is 497 g/mol. The van der Waals surface area contributed by atoms with Gasteiger partial charge in [0, 0.05) is 16.5 Å². The number of benzene rings is 3. The second-order valence-electron chi connectivity index (χ2n) is 7.40. The molecule has 1 heterocycles. The summed E-state index contributed by atoms with van der Waals surface area (Å²) in [5, 5.41) is 9.41. The van der Waals surface area contributed by atoms with Crippen molar-refractivity contribution in [3.05, 3.63) is 88.7 Å². The fourth-order valence-electron chi connectivity index (χ4n) is 3.27. The minimum absolute atomic E-state index is 0.0353. The Bertz CT molecular complexity index is 1380. The van der Waals surface area contributed by atoms with Crippen molar-refractivity contribution >= 4 is 22.6 Å². The first-order valence-corrected chi connectivity index (χ1v) is 9.87. The predicted octanol–water partition coefficient (Wildman–Crippen LogP) is 6.57. The third-order valence-electron chi connectivity index (χ3n) is 5.01. The Hall–Kier alpha value is -4.09. The fraction of sp³-hybridized carbons (Fsp3) is 0.130. The molecule has 0 aliphatic heterocycles. The number of fused-ring (bicyclic) bond motifs is 1. The SMILES string of the molecule is O=C(Nc1n[nH]c2ccc(OCc3ccc(F)cc3C(F)(F)F)cc12)c1ccc(C(F)(F)F)cc1. The number of amides is 1. The second kappa shape index (κ2) is 8.93. The first-order valence-electron chi connectivity index (χ1n) is 9.87. The van der Waals surface area contributed by atoms with Crippen molar-refractivity contribution < 1.29 is 40.3 Å². The number of aromatic amines is 1. The number of carbonyl (C=O) groups excluding carboxylic acids is 1. The Balaban J connectivity index is 1.52. The van der Waals surface area contributed by atoms with Crippen molar-refractivity contribution in [3.8, 4) is 5.75 Å². The zero-order valence-electron chi connectivity index (χ0n) is 17.4. The van der Waals surface area contributed by atoms with Gasteiger partial charge in [0.05, 0.1) is 16.6 Å². The van der Waals surface area contributed by atoms with Crippen LogP contribution in [0.15, 0.2) is 60.7 Å². The second-order valence-corrected chi connectivity index (χ2v) is 7.40. The Morgan fingerprint density at radius 3 is 2.29 bits per heavy atom. The number of anilines is 1. The third-order valence-corrected chi connectivity index (χ3v) is 5.01. The Morgan fingerprint density at radius 1 is 0.914 bits per heavy atom. The summed E-state index contributed by atoms with van der Waals surface area (Å²) in [6.45, 7) is -0.508. The van der Waals surface area contributed by atoms with Gasteiger partial charge in [-0.15, -0.1) is 0 Å². The number of nitrogens with one attached hydrogen (secondary N) is 2. The standard InChI is InChI=1S/C23H14F7N3O2/c24-15-6-3-13(18(9-15)23(28,29)30)11-35-16-7-8-19-17(10-16)20(33-32-19)31-21(34)12-1-4-14(5-2-12)22(25,26)27/h1-10H,11H2,(H2,31,32,33,34). The van der Waals surface area contributed by atoms with Crippen LogP contribution in [0, 0.1) is 5.82 Å². The maximum Gasteiger partial charge on any atom is 0.416 e. The number of H-pyrrole nitrogens is 1. The first-order chi connectivity index (χ1) is 16.4. The Labute approximate surface area is 192 Å². The van der Waals surface area contributed by atoms with Crippen LogP contribution in [-0.4, -0.2) is 16.1 Å². The van der Waals surface area contributed by atoms with Gasteiger partial charge in [-0.3, -0.25) is 9.89 Å². The van der Waals surface area contributed by atoms with Gasteiger partial charge in [0.25, 0.3) is 5.91 Å². The molecule has 0 atom stereocenters. The van der Waals surface area contributed by atoms with E-state index in [4.69, 9.17) is 4.74 Å². The molecule has 0 spiro atoms. The first kappa shape index (κ1) is 24.0. The monoisotopic (exact) mass is 497 g/mol. The summed E-state index contributed by atoms with van der Waals surface area (Å²) >= 11 is 0. The van der Waals surface area contributed by atoms with E-state index < -0.39 is 41.8 Å². The van der Waals surface area contributed by atoms with Crippen molar-refractivity contribution in [1.82, 2.24) is 10.2 Å². The normalized spacial score (nSPS) is 12.1. The van der Waals surface area contributed by atoms with E-state index in [0.717, 1.165) is 36.4 Å². The lowest BCUT2D eigenvalue weighted by atomic mass is 10.1. The van der Waals surface area contributed by atoms with Crippen LogP contribution in [0.5, 0.6) is 5.75 Å². The van der Waals surface area contributed by atoms with E-state index in [1.54, 1.807) is 0 Å². The van der Waals surface area contributed by atoms with Crippen LogP contribution < -0.4 is 10.1 Å². The molecular weight excluding hydrogens is 483 g/mol. The summed E-state index contributed by atoms with van der Waals surface area (Å²) in [6, 6.07) is 10.2. The molecule has 0 aliphatic carbocycles. The third kappa shape index (κ3) is 5.36. The van der Waals surface area contributed by atoms with E-state index in [1.807, 2.05) is 0 Å². The zero-order chi connectivity index (χ0) is 25.4. The summed E-state index contributed by atoms with van der Waals surface area (Å²) < 4.78 is 96.4. The van der Waals surface area contributed by atoms with Crippen molar-refractivity contribution in [3.63, 3.8) is 0 Å². The van der Waals surface area contributed by atoms with Gasteiger partial charge >= 0.3 is 12.4 Å². The van der Waals surface area contributed by atoms with Crippen LogP contribution in [0.4, 0.5) is 36.6 Å². The van der Waals surface area contributed by atoms with Crippen LogP contribution in [0.3, 0.4) is 0 Å². The van der Waals surface area contributed by atoms with Crippen molar-refractivity contribution in [2.45, 2.75) is 19.0 Å². The maximum atomic E-state index is 13.3. The molecule has 0 unspecified atom stereocenters. The molecule has 182 valence electrons. The molecule has 5 nitrogen and oxygen atoms in total. The van der Waals surface area contributed by atoms with Crippen LogP contribution in [0.25, 0.3) is 10.9 Å². The van der Waals surface area contributed by atoms with Gasteiger partial charge in [0.2, 0.25) is 0 Å². The summed E-state index contributed by atoms with van der Waals surface area (Å²) in [5.74, 6) is -1.58. The van der Waals surface area contributed by atoms with Crippen LogP contribution in [0.1, 0.15) is 27.0 Å². The number of hydrogen-bond acceptors (Lipinski definition) is 3. The molecular formula is C23H14F7N3O2. The molecule has 1 aromatic heterocycles. The number of halogens is 7. The Kier molecular flexibility index (Phi) is 6.14. The molecule has 2 N–H and O–H groups in total. The van der Waals surface area contributed by atoms with Gasteiger partial charge < -0.3 is 10.1 Å². The number of nitrogens with zero attached hydrogens (tertiary/aromatic N) is 1. The highest BCUT2D eigenvalue weighted by atomic mass is 19.4. The lowest BCUT2D eigenvalue weighted by Gasteiger charge is -2.14. The van der Waals surface area contributed by atoms with Crippen LogP contribution in [0.2, 0.25) is 0 Å². The predicted molar refractivity (Wildman–Crippen MR) is 111 cm³/mol. The van der Waals surface area contributed by atoms with E-state index in [9.17, 15) is 35.5 Å². The molecule has 0 radical (unpaired) electrons. The van der Waals surface area contributed by atoms with E-state index in [2.05, 4.69) is 15.5 Å². The molecule has 0 bridgehead atoms. The smallest absolute Gasteiger partial charge is 0.416 e. The molecule has 4 rings (SSSR count). The van der Waals surface area contributed by atoms with Gasteiger partial charge in [-0.05, 0) is 54.6 Å². The van der Waals surface area contributed by atoms with E-state index in [1.165, 1.54) is 18.2 Å². The van der Waals surface area contributed by atoms with Gasteiger partial charge in [0.15, 0.2) is 5.82 Å². The molecule has 0 saturated carbocycles. The largest absolute Gasteiger partial charge is 0.489 e. The summed E-state index contributed by atoms with van der Waals surface area (Å²) in [4.78, 5) is 12.5. The molecule has 1 amide bonds. The molecule has 0 aliphatic rings. The highest BCUT2D eigenvalue weighted by molar-refractivity contribution is 6.08. The molecule has 3 aromatic carbocycles. The van der Waals surface area contributed by atoms with Crippen LogP contribution in [-0.2, 0) is 19.0 Å². The fourth-order valence-corrected chi connectivity index (χ4v) is 3.27. The van der Waals surface area contributed by atoms with Crippen molar-refractivity contribution in [2.24, 2.45) is 0 Å². The van der Waals surface area contributed by atoms with E-state index >= 15 is 0 Å². The molecule has 0 saturated heterocycles. The Morgan fingerprint density at radius 2 is 1.63 bits per heavy atom. The topological polar surface area (TPSA) is 67.0 Å². The average Bonchev–Trinajstić information content (AvgIpc) is 3.19. The molecule has 35 heavy (non-hydrogen) atoms. The maximum absolute atomic E-state index is 13.3. The van der Waals surface area contributed by atoms with Gasteiger partial charge in [-0.1, -0.05) is 6.07 Å². The van der Waals surface area contributed by atoms with E-state index in [0.29, 0.717) is 17.0 Å². The minimum Gasteiger partial charge on any atom is -0.489 e. The lowest BCUT2D eigenvalue weighted by molar-refractivity contribution is -0.139.